The average molecular weight is 383 g/mol. The maximum Gasteiger partial charge on any atom is 0.260 e. The Morgan fingerprint density at radius 1 is 0.893 bits per heavy atom. The predicted octanol–water partition coefficient (Wildman–Crippen LogP) is 1.91. The molecule has 0 spiro atoms. The first-order chi connectivity index (χ1) is 13.6. The van der Waals surface area contributed by atoms with E-state index in [0.29, 0.717) is 31.0 Å². The molecular formula is C21H25N3O4. The van der Waals surface area contributed by atoms with Gasteiger partial charge in [-0.25, -0.2) is 0 Å². The van der Waals surface area contributed by atoms with Crippen LogP contribution >= 0.6 is 0 Å². The van der Waals surface area contributed by atoms with Crippen LogP contribution in [-0.2, 0) is 4.79 Å². The highest BCUT2D eigenvalue weighted by molar-refractivity contribution is 5.93. The molecular weight excluding hydrogens is 358 g/mol. The molecule has 0 bridgehead atoms. The van der Waals surface area contributed by atoms with Crippen molar-refractivity contribution in [1.29, 1.82) is 0 Å². The van der Waals surface area contributed by atoms with E-state index in [9.17, 15) is 9.59 Å². The molecule has 0 radical (unpaired) electrons. The van der Waals surface area contributed by atoms with E-state index >= 15 is 0 Å². The standard InChI is InChI=1S/C21H25N3O4/c1-2-27-18-7-9-19(10-8-18)28-15-20(25)24-13-11-23(12-14-24)17-5-3-16(4-6-17)21(22)26/h3-10H,2,11-15H2,1H3,(H2,22,26). The summed E-state index contributed by atoms with van der Waals surface area (Å²) in [4.78, 5) is 27.6. The van der Waals surface area contributed by atoms with Gasteiger partial charge in [-0.15, -0.1) is 0 Å². The lowest BCUT2D eigenvalue weighted by Gasteiger charge is -2.36. The van der Waals surface area contributed by atoms with Crippen molar-refractivity contribution in [3.8, 4) is 11.5 Å². The first kappa shape index (κ1) is 19.5. The Bertz CT molecular complexity index is 797. The molecule has 2 aromatic rings. The van der Waals surface area contributed by atoms with E-state index in [1.165, 1.54) is 0 Å². The zero-order valence-corrected chi connectivity index (χ0v) is 16.0. The van der Waals surface area contributed by atoms with Gasteiger partial charge in [0.05, 0.1) is 6.61 Å². The molecule has 7 heteroatoms. The van der Waals surface area contributed by atoms with E-state index in [1.54, 1.807) is 24.3 Å². The van der Waals surface area contributed by atoms with Gasteiger partial charge >= 0.3 is 0 Å². The van der Waals surface area contributed by atoms with Gasteiger partial charge < -0.3 is 25.0 Å². The van der Waals surface area contributed by atoms with E-state index in [1.807, 2.05) is 36.1 Å². The number of nitrogens with two attached hydrogens (primary N) is 1. The Morgan fingerprint density at radius 3 is 2.00 bits per heavy atom. The topological polar surface area (TPSA) is 85.1 Å². The quantitative estimate of drug-likeness (QED) is 0.789. The summed E-state index contributed by atoms with van der Waals surface area (Å²) in [5.41, 5.74) is 6.78. The fraction of sp³-hybridized carbons (Fsp3) is 0.333. The molecule has 2 amide bonds. The molecule has 1 aliphatic heterocycles. The fourth-order valence-corrected chi connectivity index (χ4v) is 3.09. The Balaban J connectivity index is 1.46. The van der Waals surface area contributed by atoms with E-state index < -0.39 is 5.91 Å². The molecule has 2 N–H and O–H groups in total. The molecule has 7 nitrogen and oxygen atoms in total. The zero-order valence-electron chi connectivity index (χ0n) is 16.0. The first-order valence-electron chi connectivity index (χ1n) is 9.35. The molecule has 28 heavy (non-hydrogen) atoms. The number of hydrogen-bond donors (Lipinski definition) is 1. The molecule has 0 aliphatic carbocycles. The first-order valence-corrected chi connectivity index (χ1v) is 9.35. The second-order valence-electron chi connectivity index (χ2n) is 6.47. The van der Waals surface area contributed by atoms with Crippen molar-refractivity contribution in [3.05, 3.63) is 54.1 Å². The van der Waals surface area contributed by atoms with Crippen LogP contribution in [0.5, 0.6) is 11.5 Å². The molecule has 148 valence electrons. The zero-order chi connectivity index (χ0) is 19.9. The van der Waals surface area contributed by atoms with Gasteiger partial charge in [0.1, 0.15) is 11.5 Å². The SMILES string of the molecule is CCOc1ccc(OCC(=O)N2CCN(c3ccc(C(N)=O)cc3)CC2)cc1. The second-order valence-corrected chi connectivity index (χ2v) is 6.47. The number of benzene rings is 2. The summed E-state index contributed by atoms with van der Waals surface area (Å²) in [5, 5.41) is 0. The summed E-state index contributed by atoms with van der Waals surface area (Å²) in [6.07, 6.45) is 0. The van der Waals surface area contributed by atoms with Crippen LogP contribution in [0.3, 0.4) is 0 Å². The van der Waals surface area contributed by atoms with Crippen molar-refractivity contribution in [2.45, 2.75) is 6.92 Å². The third kappa shape index (κ3) is 4.94. The molecule has 1 heterocycles. The number of anilines is 1. The van der Waals surface area contributed by atoms with Crippen LogP contribution in [0.15, 0.2) is 48.5 Å². The largest absolute Gasteiger partial charge is 0.494 e. The van der Waals surface area contributed by atoms with Crippen molar-refractivity contribution in [1.82, 2.24) is 4.90 Å². The smallest absolute Gasteiger partial charge is 0.260 e. The second kappa shape index (κ2) is 9.12. The normalized spacial score (nSPS) is 13.9. The molecule has 3 rings (SSSR count). The molecule has 2 aromatic carbocycles. The summed E-state index contributed by atoms with van der Waals surface area (Å²) >= 11 is 0. The van der Waals surface area contributed by atoms with Gasteiger partial charge in [0.2, 0.25) is 5.91 Å². The van der Waals surface area contributed by atoms with Crippen LogP contribution < -0.4 is 20.1 Å². The Hall–Kier alpha value is -3.22. The van der Waals surface area contributed by atoms with E-state index in [0.717, 1.165) is 24.5 Å². The van der Waals surface area contributed by atoms with E-state index in [2.05, 4.69) is 4.90 Å². The van der Waals surface area contributed by atoms with Crippen LogP contribution in [0, 0.1) is 0 Å². The van der Waals surface area contributed by atoms with Crippen LogP contribution in [0.1, 0.15) is 17.3 Å². The molecule has 0 unspecified atom stereocenters. The van der Waals surface area contributed by atoms with Crippen LogP contribution in [0.2, 0.25) is 0 Å². The summed E-state index contributed by atoms with van der Waals surface area (Å²) in [7, 11) is 0. The number of carbonyl (C=O) groups excluding carboxylic acids is 2. The highest BCUT2D eigenvalue weighted by atomic mass is 16.5. The highest BCUT2D eigenvalue weighted by Crippen LogP contribution is 2.19. The van der Waals surface area contributed by atoms with E-state index in [-0.39, 0.29) is 12.5 Å². The number of nitrogens with zero attached hydrogens (tertiary/aromatic N) is 2. The monoisotopic (exact) mass is 383 g/mol. The lowest BCUT2D eigenvalue weighted by atomic mass is 10.1. The van der Waals surface area contributed by atoms with Crippen molar-refractivity contribution in [2.75, 3.05) is 44.3 Å². The number of primary amides is 1. The van der Waals surface area contributed by atoms with Crippen LogP contribution in [-0.4, -0.2) is 56.1 Å². The van der Waals surface area contributed by atoms with Gasteiger partial charge in [-0.2, -0.15) is 0 Å². The molecule has 1 aliphatic rings. The molecule has 0 saturated carbocycles. The molecule has 1 saturated heterocycles. The average Bonchev–Trinajstić information content (AvgIpc) is 2.73. The van der Waals surface area contributed by atoms with Gasteiger partial charge in [0.25, 0.3) is 5.91 Å². The van der Waals surface area contributed by atoms with Gasteiger partial charge in [0.15, 0.2) is 6.61 Å². The maximum atomic E-state index is 12.4. The van der Waals surface area contributed by atoms with Gasteiger partial charge in [-0.1, -0.05) is 0 Å². The summed E-state index contributed by atoms with van der Waals surface area (Å²) in [6.45, 7) is 5.27. The van der Waals surface area contributed by atoms with Crippen molar-refractivity contribution in [3.63, 3.8) is 0 Å². The lowest BCUT2D eigenvalue weighted by Crippen LogP contribution is -2.50. The van der Waals surface area contributed by atoms with Gasteiger partial charge in [0, 0.05) is 37.4 Å². The maximum absolute atomic E-state index is 12.4. The number of ether oxygens (including phenoxy) is 2. The number of piperazine rings is 1. The van der Waals surface area contributed by atoms with Crippen molar-refractivity contribution in [2.24, 2.45) is 5.73 Å². The fourth-order valence-electron chi connectivity index (χ4n) is 3.09. The molecule has 1 fully saturated rings. The summed E-state index contributed by atoms with van der Waals surface area (Å²) in [6, 6.07) is 14.5. The highest BCUT2D eigenvalue weighted by Gasteiger charge is 2.21. The van der Waals surface area contributed by atoms with Crippen LogP contribution in [0.4, 0.5) is 5.69 Å². The summed E-state index contributed by atoms with van der Waals surface area (Å²) in [5.74, 6) is 0.957. The molecule has 0 atom stereocenters. The number of amides is 2. The molecule has 0 aromatic heterocycles. The van der Waals surface area contributed by atoms with Crippen molar-refractivity contribution < 1.29 is 19.1 Å². The predicted molar refractivity (Wildman–Crippen MR) is 107 cm³/mol. The van der Waals surface area contributed by atoms with E-state index in [4.69, 9.17) is 15.2 Å². The minimum absolute atomic E-state index is 0.0152. The van der Waals surface area contributed by atoms with Gasteiger partial charge in [-0.3, -0.25) is 9.59 Å². The Kier molecular flexibility index (Phi) is 6.37. The van der Waals surface area contributed by atoms with Crippen LogP contribution in [0.25, 0.3) is 0 Å². The third-order valence-electron chi connectivity index (χ3n) is 4.65. The minimum Gasteiger partial charge on any atom is -0.494 e. The number of rotatable bonds is 7. The summed E-state index contributed by atoms with van der Waals surface area (Å²) < 4.78 is 11.0. The van der Waals surface area contributed by atoms with Gasteiger partial charge in [-0.05, 0) is 55.5 Å². The van der Waals surface area contributed by atoms with Crippen molar-refractivity contribution >= 4 is 17.5 Å². The minimum atomic E-state index is -0.436. The lowest BCUT2D eigenvalue weighted by molar-refractivity contribution is -0.133. The Labute approximate surface area is 164 Å². The number of carbonyl (C=O) groups is 2. The Morgan fingerprint density at radius 2 is 1.46 bits per heavy atom. The third-order valence-corrected chi connectivity index (χ3v) is 4.65. The number of hydrogen-bond acceptors (Lipinski definition) is 5.